The second kappa shape index (κ2) is 11.5. The Balaban J connectivity index is 0.00000272. The zero-order valence-corrected chi connectivity index (χ0v) is 20.6. The number of benzene rings is 1. The van der Waals surface area contributed by atoms with Gasteiger partial charge in [-0.05, 0) is 30.2 Å². The summed E-state index contributed by atoms with van der Waals surface area (Å²) in [5.41, 5.74) is 2.54. The first-order valence-corrected chi connectivity index (χ1v) is 10.6. The lowest BCUT2D eigenvalue weighted by Gasteiger charge is -2.30. The lowest BCUT2D eigenvalue weighted by Crippen LogP contribution is -2.41. The van der Waals surface area contributed by atoms with Gasteiger partial charge in [-0.1, -0.05) is 18.2 Å². The molecule has 1 aromatic heterocycles. The van der Waals surface area contributed by atoms with Gasteiger partial charge in [-0.2, -0.15) is 0 Å². The number of pyridine rings is 1. The molecule has 1 N–H and O–H groups in total. The molecule has 0 spiro atoms. The van der Waals surface area contributed by atoms with Crippen molar-refractivity contribution in [2.45, 2.75) is 18.9 Å². The van der Waals surface area contributed by atoms with Crippen molar-refractivity contribution in [3.8, 4) is 5.75 Å². The van der Waals surface area contributed by atoms with E-state index in [2.05, 4.69) is 43.3 Å². The van der Waals surface area contributed by atoms with Crippen LogP contribution in [0.5, 0.6) is 5.75 Å². The third kappa shape index (κ3) is 5.79. The number of anilines is 1. The Hall–Kier alpha value is -2.07. The van der Waals surface area contributed by atoms with Crippen LogP contribution < -0.4 is 15.0 Å². The van der Waals surface area contributed by atoms with Crippen molar-refractivity contribution in [2.75, 3.05) is 58.5 Å². The van der Waals surface area contributed by atoms with Crippen LogP contribution in [0, 0.1) is 0 Å². The fourth-order valence-corrected chi connectivity index (χ4v) is 4.24. The zero-order chi connectivity index (χ0) is 20.8. The Morgan fingerprint density at radius 1 is 1.19 bits per heavy atom. The molecule has 0 bridgehead atoms. The summed E-state index contributed by atoms with van der Waals surface area (Å²) < 4.78 is 10.8. The predicted molar refractivity (Wildman–Crippen MR) is 135 cm³/mol. The highest BCUT2D eigenvalue weighted by atomic mass is 127. The fourth-order valence-electron chi connectivity index (χ4n) is 4.24. The molecule has 2 fully saturated rings. The Morgan fingerprint density at radius 3 is 2.68 bits per heavy atom. The maximum Gasteiger partial charge on any atom is 0.193 e. The first kappa shape index (κ1) is 23.6. The average molecular weight is 537 g/mol. The molecule has 0 saturated carbocycles. The lowest BCUT2D eigenvalue weighted by molar-refractivity contribution is 0.122. The third-order valence-electron chi connectivity index (χ3n) is 5.90. The SMILES string of the molecule is CN=C(NCc1cccnc1N1CCOCC1)N1CCC(c2ccc(OC)cc2)C1.I. The van der Waals surface area contributed by atoms with E-state index in [1.165, 1.54) is 11.1 Å². The molecule has 31 heavy (non-hydrogen) atoms. The number of halogens is 1. The molecular formula is C23H32IN5O2. The van der Waals surface area contributed by atoms with Gasteiger partial charge in [0.15, 0.2) is 5.96 Å². The van der Waals surface area contributed by atoms with Gasteiger partial charge in [0.05, 0.1) is 20.3 Å². The quantitative estimate of drug-likeness (QED) is 0.360. The van der Waals surface area contributed by atoms with Gasteiger partial charge in [-0.15, -0.1) is 24.0 Å². The van der Waals surface area contributed by atoms with E-state index in [-0.39, 0.29) is 24.0 Å². The number of rotatable bonds is 5. The van der Waals surface area contributed by atoms with E-state index in [0.29, 0.717) is 12.5 Å². The minimum Gasteiger partial charge on any atom is -0.497 e. The topological polar surface area (TPSA) is 62.2 Å². The van der Waals surface area contributed by atoms with Gasteiger partial charge < -0.3 is 24.6 Å². The van der Waals surface area contributed by atoms with Gasteiger partial charge >= 0.3 is 0 Å². The Labute approximate surface area is 201 Å². The van der Waals surface area contributed by atoms with Crippen LogP contribution in [0.25, 0.3) is 0 Å². The fraction of sp³-hybridized carbons (Fsp3) is 0.478. The van der Waals surface area contributed by atoms with Crippen molar-refractivity contribution in [3.63, 3.8) is 0 Å². The monoisotopic (exact) mass is 537 g/mol. The Morgan fingerprint density at radius 2 is 1.97 bits per heavy atom. The minimum absolute atomic E-state index is 0. The van der Waals surface area contributed by atoms with E-state index in [9.17, 15) is 0 Å². The molecule has 1 unspecified atom stereocenters. The van der Waals surface area contributed by atoms with Crippen LogP contribution in [0.3, 0.4) is 0 Å². The molecule has 2 aliphatic rings. The van der Waals surface area contributed by atoms with E-state index in [0.717, 1.165) is 63.3 Å². The maximum absolute atomic E-state index is 5.49. The van der Waals surface area contributed by atoms with Crippen LogP contribution >= 0.6 is 24.0 Å². The maximum atomic E-state index is 5.49. The Bertz CT molecular complexity index is 855. The van der Waals surface area contributed by atoms with Crippen LogP contribution in [0.2, 0.25) is 0 Å². The number of hydrogen-bond donors (Lipinski definition) is 1. The van der Waals surface area contributed by atoms with Gasteiger partial charge in [0.1, 0.15) is 11.6 Å². The van der Waals surface area contributed by atoms with Crippen LogP contribution in [0.4, 0.5) is 5.82 Å². The van der Waals surface area contributed by atoms with Crippen molar-refractivity contribution in [3.05, 3.63) is 53.7 Å². The molecule has 0 amide bonds. The van der Waals surface area contributed by atoms with Gasteiger partial charge in [0, 0.05) is 57.4 Å². The highest BCUT2D eigenvalue weighted by Gasteiger charge is 2.26. The molecule has 2 saturated heterocycles. The summed E-state index contributed by atoms with van der Waals surface area (Å²) in [6, 6.07) is 12.6. The largest absolute Gasteiger partial charge is 0.497 e. The molecule has 8 heteroatoms. The normalized spacial score (nSPS) is 19.2. The number of guanidine groups is 1. The lowest BCUT2D eigenvalue weighted by atomic mass is 9.98. The third-order valence-corrected chi connectivity index (χ3v) is 5.90. The number of morpholine rings is 1. The van der Waals surface area contributed by atoms with E-state index in [1.807, 2.05) is 31.4 Å². The summed E-state index contributed by atoms with van der Waals surface area (Å²) in [6.07, 6.45) is 2.99. The molecule has 2 aliphatic heterocycles. The average Bonchev–Trinajstić information content (AvgIpc) is 3.30. The number of likely N-dealkylation sites (tertiary alicyclic amines) is 1. The summed E-state index contributed by atoms with van der Waals surface area (Å²) in [5, 5.41) is 3.56. The molecule has 2 aromatic rings. The first-order chi connectivity index (χ1) is 14.8. The summed E-state index contributed by atoms with van der Waals surface area (Å²) in [5.74, 6) is 3.40. The number of methoxy groups -OCH3 is 1. The first-order valence-electron chi connectivity index (χ1n) is 10.6. The highest BCUT2D eigenvalue weighted by Crippen LogP contribution is 2.28. The number of aliphatic imine (C=N–C) groups is 1. The van der Waals surface area contributed by atoms with Crippen LogP contribution in [0.15, 0.2) is 47.6 Å². The smallest absolute Gasteiger partial charge is 0.193 e. The van der Waals surface area contributed by atoms with E-state index >= 15 is 0 Å². The van der Waals surface area contributed by atoms with Crippen LogP contribution in [-0.4, -0.2) is 69.4 Å². The van der Waals surface area contributed by atoms with Gasteiger partial charge in [0.2, 0.25) is 0 Å². The van der Waals surface area contributed by atoms with E-state index < -0.39 is 0 Å². The molecule has 7 nitrogen and oxygen atoms in total. The van der Waals surface area contributed by atoms with Crippen molar-refractivity contribution in [1.29, 1.82) is 0 Å². The van der Waals surface area contributed by atoms with Gasteiger partial charge in [-0.25, -0.2) is 4.98 Å². The number of ether oxygens (including phenoxy) is 2. The molecule has 3 heterocycles. The summed E-state index contributed by atoms with van der Waals surface area (Å²) in [4.78, 5) is 13.8. The number of nitrogens with one attached hydrogen (secondary N) is 1. The second-order valence-corrected chi connectivity index (χ2v) is 7.69. The van der Waals surface area contributed by atoms with Gasteiger partial charge in [-0.3, -0.25) is 4.99 Å². The Kier molecular flexibility index (Phi) is 8.77. The van der Waals surface area contributed by atoms with Crippen molar-refractivity contribution in [1.82, 2.24) is 15.2 Å². The highest BCUT2D eigenvalue weighted by molar-refractivity contribution is 14.0. The summed E-state index contributed by atoms with van der Waals surface area (Å²) in [7, 11) is 3.56. The number of hydrogen-bond acceptors (Lipinski definition) is 5. The predicted octanol–water partition coefficient (Wildman–Crippen LogP) is 3.11. The number of nitrogens with zero attached hydrogens (tertiary/aromatic N) is 4. The summed E-state index contributed by atoms with van der Waals surface area (Å²) in [6.45, 7) is 5.95. The second-order valence-electron chi connectivity index (χ2n) is 7.69. The van der Waals surface area contributed by atoms with Crippen molar-refractivity contribution < 1.29 is 9.47 Å². The van der Waals surface area contributed by atoms with E-state index in [1.54, 1.807) is 7.11 Å². The zero-order valence-electron chi connectivity index (χ0n) is 18.3. The molecular weight excluding hydrogens is 505 g/mol. The molecule has 0 radical (unpaired) electrons. The minimum atomic E-state index is 0. The number of aromatic nitrogens is 1. The molecule has 1 aromatic carbocycles. The standard InChI is InChI=1S/C23H31N5O2.HI/c1-24-23(28-11-9-20(17-28)18-5-7-21(29-2)8-6-18)26-16-19-4-3-10-25-22(19)27-12-14-30-15-13-27;/h3-8,10,20H,9,11-17H2,1-2H3,(H,24,26);1H. The van der Waals surface area contributed by atoms with Crippen molar-refractivity contribution >= 4 is 35.8 Å². The molecule has 4 rings (SSSR count). The summed E-state index contributed by atoms with van der Waals surface area (Å²) >= 11 is 0. The van der Waals surface area contributed by atoms with Crippen molar-refractivity contribution in [2.24, 2.45) is 4.99 Å². The van der Waals surface area contributed by atoms with E-state index in [4.69, 9.17) is 9.47 Å². The van der Waals surface area contributed by atoms with Crippen LogP contribution in [0.1, 0.15) is 23.5 Å². The van der Waals surface area contributed by atoms with Gasteiger partial charge in [0.25, 0.3) is 0 Å². The molecule has 168 valence electrons. The molecule has 1 atom stereocenters. The van der Waals surface area contributed by atoms with Crippen LogP contribution in [-0.2, 0) is 11.3 Å². The molecule has 0 aliphatic carbocycles.